The van der Waals surface area contributed by atoms with E-state index in [-0.39, 0.29) is 0 Å². The number of para-hydroxylation sites is 1. The van der Waals surface area contributed by atoms with E-state index in [4.69, 9.17) is 4.74 Å². The minimum absolute atomic E-state index is 0.808. The lowest BCUT2D eigenvalue weighted by atomic mass is 10.1. The molecule has 0 radical (unpaired) electrons. The molecule has 0 aliphatic rings. The molecule has 172 valence electrons. The summed E-state index contributed by atoms with van der Waals surface area (Å²) < 4.78 is 41.9. The van der Waals surface area contributed by atoms with E-state index >= 15 is 0 Å². The monoisotopic (exact) mass is 466 g/mol. The predicted molar refractivity (Wildman–Crippen MR) is 125 cm³/mol. The number of hydrogen-bond donors (Lipinski definition) is 0. The molecule has 4 aromatic rings. The Balaban J connectivity index is 0.000000454. The number of hydrogen-bond acceptors (Lipinski definition) is 5. The zero-order valence-corrected chi connectivity index (χ0v) is 19.5. The van der Waals surface area contributed by atoms with Crippen molar-refractivity contribution in [3.05, 3.63) is 91.0 Å². The van der Waals surface area contributed by atoms with E-state index in [9.17, 15) is 13.0 Å². The van der Waals surface area contributed by atoms with Crippen molar-refractivity contribution in [3.8, 4) is 34.0 Å². The number of rotatable bonds is 6. The van der Waals surface area contributed by atoms with Gasteiger partial charge in [-0.05, 0) is 31.2 Å². The summed E-state index contributed by atoms with van der Waals surface area (Å²) in [6, 6.07) is 30.8. The van der Waals surface area contributed by atoms with Crippen molar-refractivity contribution in [2.75, 3.05) is 7.11 Å². The van der Waals surface area contributed by atoms with Gasteiger partial charge >= 0.3 is 0 Å². The molecule has 3 aromatic carbocycles. The van der Waals surface area contributed by atoms with Gasteiger partial charge in [0.05, 0.1) is 19.7 Å². The average Bonchev–Trinajstić information content (AvgIpc) is 3.11. The normalized spacial score (nSPS) is 10.9. The van der Waals surface area contributed by atoms with Crippen molar-refractivity contribution < 1.29 is 26.6 Å². The fourth-order valence-corrected chi connectivity index (χ4v) is 3.51. The third-order valence-electron chi connectivity index (χ3n) is 4.94. The maximum Gasteiger partial charge on any atom is 0.281 e. The summed E-state index contributed by atoms with van der Waals surface area (Å²) >= 11 is 0. The summed E-state index contributed by atoms with van der Waals surface area (Å²) in [7, 11) is -1.51. The fourth-order valence-electron chi connectivity index (χ4n) is 3.51. The summed E-state index contributed by atoms with van der Waals surface area (Å²) in [5, 5.41) is 0. The summed E-state index contributed by atoms with van der Waals surface area (Å²) in [5.74, 6) is 1.71. The average molecular weight is 467 g/mol. The fraction of sp³-hybridized carbons (Fsp3) is 0.160. The molecule has 7 nitrogen and oxygen atoms in total. The first-order valence-electron chi connectivity index (χ1n) is 10.3. The van der Waals surface area contributed by atoms with Crippen LogP contribution >= 0.6 is 0 Å². The first-order chi connectivity index (χ1) is 15.9. The SMILES string of the molecule is CC[n+]1c(-c2ccccc2)c(Oc2ccccc2)c(-c2ccccc2)n1C.COS(=O)(=O)[O-]. The van der Waals surface area contributed by atoms with Crippen LogP contribution in [0.4, 0.5) is 0 Å². The first kappa shape index (κ1) is 24.2. The second kappa shape index (κ2) is 10.9. The van der Waals surface area contributed by atoms with Crippen molar-refractivity contribution in [2.24, 2.45) is 7.05 Å². The molecule has 4 rings (SSSR count). The number of nitrogens with zero attached hydrogens (tertiary/aromatic N) is 2. The zero-order valence-electron chi connectivity index (χ0n) is 18.7. The topological polar surface area (TPSA) is 84.5 Å². The second-order valence-electron chi connectivity index (χ2n) is 6.99. The van der Waals surface area contributed by atoms with Gasteiger partial charge in [-0.25, -0.2) is 8.42 Å². The lowest BCUT2D eigenvalue weighted by molar-refractivity contribution is -0.759. The third kappa shape index (κ3) is 6.07. The van der Waals surface area contributed by atoms with E-state index in [0.29, 0.717) is 0 Å². The molecular weight excluding hydrogens is 440 g/mol. The van der Waals surface area contributed by atoms with Crippen LogP contribution in [0.25, 0.3) is 22.5 Å². The van der Waals surface area contributed by atoms with Crippen LogP contribution in [0.3, 0.4) is 0 Å². The molecule has 0 fully saturated rings. The van der Waals surface area contributed by atoms with E-state index in [2.05, 4.69) is 76.0 Å². The maximum absolute atomic E-state index is 9.22. The molecular formula is C25H26N2O5S. The smallest absolute Gasteiger partial charge is 0.281 e. The van der Waals surface area contributed by atoms with Crippen LogP contribution in [-0.4, -0.2) is 24.8 Å². The van der Waals surface area contributed by atoms with Gasteiger partial charge in [-0.3, -0.25) is 4.18 Å². The molecule has 0 saturated heterocycles. The van der Waals surface area contributed by atoms with E-state index < -0.39 is 10.4 Å². The lowest BCUT2D eigenvalue weighted by Crippen LogP contribution is -2.42. The highest BCUT2D eigenvalue weighted by Crippen LogP contribution is 2.40. The third-order valence-corrected chi connectivity index (χ3v) is 5.34. The Labute approximate surface area is 194 Å². The molecule has 8 heteroatoms. The zero-order chi connectivity index (χ0) is 23.8. The van der Waals surface area contributed by atoms with Gasteiger partial charge in [0, 0.05) is 5.56 Å². The summed E-state index contributed by atoms with van der Waals surface area (Å²) in [6.07, 6.45) is 0. The van der Waals surface area contributed by atoms with E-state index in [1.807, 2.05) is 42.5 Å². The van der Waals surface area contributed by atoms with Crippen molar-refractivity contribution in [2.45, 2.75) is 13.5 Å². The Morgan fingerprint density at radius 1 is 0.848 bits per heavy atom. The highest BCUT2D eigenvalue weighted by molar-refractivity contribution is 7.80. The molecule has 0 aliphatic heterocycles. The Morgan fingerprint density at radius 3 is 1.76 bits per heavy atom. The van der Waals surface area contributed by atoms with Gasteiger partial charge < -0.3 is 9.29 Å². The van der Waals surface area contributed by atoms with E-state index in [0.717, 1.165) is 47.7 Å². The standard InChI is InChI=1S/C24H23N2O.CH4O4S/c1-3-26-23(20-15-9-5-10-16-20)24(27-21-17-11-6-12-18-21)22(25(26)2)19-13-7-4-8-14-19;1-5-6(2,3)4/h4-18H,3H2,1-2H3;1H3,(H,2,3,4)/q+1;/p-1. The largest absolute Gasteiger partial charge is 0.726 e. The van der Waals surface area contributed by atoms with Gasteiger partial charge in [-0.2, -0.15) is 4.68 Å². The van der Waals surface area contributed by atoms with Gasteiger partial charge in [0.25, 0.3) is 5.69 Å². The van der Waals surface area contributed by atoms with Gasteiger partial charge in [0.2, 0.25) is 16.1 Å². The van der Waals surface area contributed by atoms with Crippen LogP contribution in [-0.2, 0) is 28.2 Å². The van der Waals surface area contributed by atoms with Crippen molar-refractivity contribution in [1.29, 1.82) is 0 Å². The van der Waals surface area contributed by atoms with Gasteiger partial charge in [0.15, 0.2) is 12.2 Å². The van der Waals surface area contributed by atoms with Crippen LogP contribution < -0.4 is 9.42 Å². The highest BCUT2D eigenvalue weighted by atomic mass is 32.3. The molecule has 0 spiro atoms. The highest BCUT2D eigenvalue weighted by Gasteiger charge is 2.31. The van der Waals surface area contributed by atoms with E-state index in [1.54, 1.807) is 0 Å². The quantitative estimate of drug-likeness (QED) is 0.236. The Hall–Kier alpha value is -3.46. The Bertz CT molecular complexity index is 1270. The van der Waals surface area contributed by atoms with E-state index in [1.165, 1.54) is 0 Å². The molecule has 0 aliphatic carbocycles. The number of aromatic nitrogens is 2. The lowest BCUT2D eigenvalue weighted by Gasteiger charge is -2.07. The molecule has 0 N–H and O–H groups in total. The maximum atomic E-state index is 9.22. The number of benzene rings is 3. The number of ether oxygens (including phenoxy) is 1. The molecule has 1 aromatic heterocycles. The first-order valence-corrected chi connectivity index (χ1v) is 11.7. The summed E-state index contributed by atoms with van der Waals surface area (Å²) in [5.41, 5.74) is 4.43. The van der Waals surface area contributed by atoms with Crippen molar-refractivity contribution in [1.82, 2.24) is 4.68 Å². The van der Waals surface area contributed by atoms with Crippen LogP contribution in [0.1, 0.15) is 6.92 Å². The van der Waals surface area contributed by atoms with Gasteiger partial charge in [0.1, 0.15) is 5.75 Å². The van der Waals surface area contributed by atoms with Crippen LogP contribution in [0, 0.1) is 0 Å². The molecule has 33 heavy (non-hydrogen) atoms. The van der Waals surface area contributed by atoms with Crippen LogP contribution in [0.5, 0.6) is 11.5 Å². The van der Waals surface area contributed by atoms with Crippen molar-refractivity contribution in [3.63, 3.8) is 0 Å². The minimum Gasteiger partial charge on any atom is -0.726 e. The van der Waals surface area contributed by atoms with Gasteiger partial charge in [-0.15, -0.1) is 4.68 Å². The van der Waals surface area contributed by atoms with Crippen molar-refractivity contribution >= 4 is 10.4 Å². The summed E-state index contributed by atoms with van der Waals surface area (Å²) in [6.45, 7) is 3.01. The minimum atomic E-state index is -4.41. The predicted octanol–water partition coefficient (Wildman–Crippen LogP) is 4.55. The van der Waals surface area contributed by atoms with Crippen LogP contribution in [0.2, 0.25) is 0 Å². The Kier molecular flexibility index (Phi) is 8.00. The van der Waals surface area contributed by atoms with Crippen LogP contribution in [0.15, 0.2) is 91.0 Å². The second-order valence-corrected chi connectivity index (χ2v) is 8.14. The van der Waals surface area contributed by atoms with Gasteiger partial charge in [-0.1, -0.05) is 66.7 Å². The molecule has 0 bridgehead atoms. The molecule has 0 atom stereocenters. The molecule has 0 amide bonds. The molecule has 0 saturated carbocycles. The molecule has 1 heterocycles. The molecule has 0 unspecified atom stereocenters. The summed E-state index contributed by atoms with van der Waals surface area (Å²) in [4.78, 5) is 0. The Morgan fingerprint density at radius 2 is 1.30 bits per heavy atom.